The van der Waals surface area contributed by atoms with Crippen molar-refractivity contribution in [2.45, 2.75) is 0 Å². The van der Waals surface area contributed by atoms with Crippen LogP contribution in [0.1, 0.15) is 5.69 Å². The van der Waals surface area contributed by atoms with Crippen molar-refractivity contribution in [1.82, 2.24) is 9.99 Å². The van der Waals surface area contributed by atoms with Crippen LogP contribution in [0.25, 0.3) is 5.69 Å². The second-order valence-corrected chi connectivity index (χ2v) is 5.99. The highest BCUT2D eigenvalue weighted by molar-refractivity contribution is 6.31. The Balaban J connectivity index is 1.64. The molecule has 126 valence electrons. The monoisotopic (exact) mass is 372 g/mol. The molecule has 2 amide bonds. The molecule has 0 unspecified atom stereocenters. The maximum atomic E-state index is 11.8. The Labute approximate surface area is 154 Å². The Morgan fingerprint density at radius 3 is 2.56 bits per heavy atom. The van der Waals surface area contributed by atoms with Crippen LogP contribution in [-0.2, 0) is 0 Å². The van der Waals surface area contributed by atoms with E-state index in [9.17, 15) is 4.79 Å². The summed E-state index contributed by atoms with van der Waals surface area (Å²) < 4.78 is 1.93. The van der Waals surface area contributed by atoms with Crippen molar-refractivity contribution in [1.29, 1.82) is 0 Å². The van der Waals surface area contributed by atoms with Crippen molar-refractivity contribution in [3.8, 4) is 5.69 Å². The van der Waals surface area contributed by atoms with Gasteiger partial charge in [0.25, 0.3) is 0 Å². The summed E-state index contributed by atoms with van der Waals surface area (Å²) in [5, 5.41) is 7.83. The molecule has 2 N–H and O–H groups in total. The molecule has 1 heterocycles. The van der Waals surface area contributed by atoms with Crippen LogP contribution in [0.2, 0.25) is 10.0 Å². The molecule has 0 saturated heterocycles. The zero-order valence-electron chi connectivity index (χ0n) is 13.0. The van der Waals surface area contributed by atoms with Crippen LogP contribution in [0.15, 0.2) is 72.0 Å². The summed E-state index contributed by atoms with van der Waals surface area (Å²) in [4.78, 5) is 11.8. The fourth-order valence-corrected chi connectivity index (χ4v) is 2.53. The van der Waals surface area contributed by atoms with Gasteiger partial charge in [-0.15, -0.1) is 0 Å². The number of hydrogen-bond acceptors (Lipinski definition) is 2. The second-order valence-electron chi connectivity index (χ2n) is 5.11. The molecule has 7 heteroatoms. The van der Waals surface area contributed by atoms with Gasteiger partial charge in [-0.1, -0.05) is 29.3 Å². The quantitative estimate of drug-likeness (QED) is 0.494. The maximum Gasteiger partial charge on any atom is 0.339 e. The largest absolute Gasteiger partial charge is 0.339 e. The molecule has 0 aliphatic heterocycles. The standard InChI is InChI=1S/C18H14Cl2N4O/c19-13-6-8-16(9-7-13)24-10-2-5-17(24)12-21-23-18(25)22-15-4-1-3-14(20)11-15/h1-12H,(H2,22,23,25)/b21-12+. The molecule has 0 atom stereocenters. The predicted molar refractivity (Wildman–Crippen MR) is 102 cm³/mol. The summed E-state index contributed by atoms with van der Waals surface area (Å²) in [5.74, 6) is 0. The minimum Gasteiger partial charge on any atom is -0.316 e. The minimum atomic E-state index is -0.455. The number of carbonyl (C=O) groups excluding carboxylic acids is 1. The van der Waals surface area contributed by atoms with Gasteiger partial charge >= 0.3 is 6.03 Å². The Hall–Kier alpha value is -2.76. The van der Waals surface area contributed by atoms with E-state index >= 15 is 0 Å². The van der Waals surface area contributed by atoms with E-state index in [0.29, 0.717) is 15.7 Å². The lowest BCUT2D eigenvalue weighted by Gasteiger charge is -2.06. The van der Waals surface area contributed by atoms with Gasteiger partial charge in [0, 0.05) is 27.6 Å². The molecule has 25 heavy (non-hydrogen) atoms. The molecule has 0 aliphatic carbocycles. The lowest BCUT2D eigenvalue weighted by molar-refractivity contribution is 0.252. The van der Waals surface area contributed by atoms with E-state index in [1.165, 1.54) is 0 Å². The highest BCUT2D eigenvalue weighted by Gasteiger charge is 2.03. The molecule has 5 nitrogen and oxygen atoms in total. The van der Waals surface area contributed by atoms with Crippen molar-refractivity contribution >= 4 is 41.1 Å². The number of rotatable bonds is 4. The molecule has 0 saturated carbocycles. The lowest BCUT2D eigenvalue weighted by atomic mass is 10.3. The first-order chi connectivity index (χ1) is 12.1. The molecule has 3 aromatic rings. The van der Waals surface area contributed by atoms with Gasteiger partial charge in [-0.05, 0) is 54.6 Å². The van der Waals surface area contributed by atoms with Crippen molar-refractivity contribution < 1.29 is 4.79 Å². The number of hydrazone groups is 1. The number of carbonyl (C=O) groups is 1. The third kappa shape index (κ3) is 4.62. The summed E-state index contributed by atoms with van der Waals surface area (Å²) in [6.07, 6.45) is 3.46. The van der Waals surface area contributed by atoms with Crippen LogP contribution >= 0.6 is 23.2 Å². The van der Waals surface area contributed by atoms with E-state index in [2.05, 4.69) is 15.8 Å². The maximum absolute atomic E-state index is 11.8. The Bertz CT molecular complexity index is 903. The van der Waals surface area contributed by atoms with Crippen molar-refractivity contribution in [2.75, 3.05) is 5.32 Å². The van der Waals surface area contributed by atoms with Gasteiger partial charge in [0.2, 0.25) is 0 Å². The number of hydrogen-bond donors (Lipinski definition) is 2. The molecule has 0 fully saturated rings. The zero-order valence-corrected chi connectivity index (χ0v) is 14.5. The SMILES string of the molecule is O=C(N/N=C/c1cccn1-c1ccc(Cl)cc1)Nc1cccc(Cl)c1. The molecule has 0 radical (unpaired) electrons. The van der Waals surface area contributed by atoms with Crippen molar-refractivity contribution in [3.05, 3.63) is 82.6 Å². The zero-order chi connectivity index (χ0) is 17.6. The molecule has 3 rings (SSSR count). The average Bonchev–Trinajstić information content (AvgIpc) is 3.04. The first-order valence-corrected chi connectivity index (χ1v) is 8.16. The Morgan fingerprint density at radius 2 is 1.80 bits per heavy atom. The smallest absolute Gasteiger partial charge is 0.316 e. The topological polar surface area (TPSA) is 58.4 Å². The van der Waals surface area contributed by atoms with Crippen LogP contribution in [0, 0.1) is 0 Å². The summed E-state index contributed by atoms with van der Waals surface area (Å²) in [6.45, 7) is 0. The fraction of sp³-hybridized carbons (Fsp3) is 0. The molecule has 0 aliphatic rings. The highest BCUT2D eigenvalue weighted by atomic mass is 35.5. The van der Waals surface area contributed by atoms with Gasteiger partial charge < -0.3 is 9.88 Å². The van der Waals surface area contributed by atoms with Crippen molar-refractivity contribution in [2.24, 2.45) is 5.10 Å². The second kappa shape index (κ2) is 7.88. The first-order valence-electron chi connectivity index (χ1n) is 7.41. The normalized spacial score (nSPS) is 10.8. The van der Waals surface area contributed by atoms with Gasteiger partial charge in [-0.2, -0.15) is 5.10 Å². The Morgan fingerprint density at radius 1 is 1.00 bits per heavy atom. The number of halogens is 2. The molecule has 0 spiro atoms. The fourth-order valence-electron chi connectivity index (χ4n) is 2.22. The molecule has 0 bridgehead atoms. The minimum absolute atomic E-state index is 0.455. The van der Waals surface area contributed by atoms with Crippen molar-refractivity contribution in [3.63, 3.8) is 0 Å². The number of nitrogens with one attached hydrogen (secondary N) is 2. The number of anilines is 1. The first kappa shape index (κ1) is 17.1. The third-order valence-electron chi connectivity index (χ3n) is 3.33. The summed E-state index contributed by atoms with van der Waals surface area (Å²) >= 11 is 11.8. The third-order valence-corrected chi connectivity index (χ3v) is 3.82. The number of benzene rings is 2. The van der Waals surface area contributed by atoms with Crippen LogP contribution < -0.4 is 10.7 Å². The average molecular weight is 373 g/mol. The van der Waals surface area contributed by atoms with E-state index in [1.54, 1.807) is 30.5 Å². The lowest BCUT2D eigenvalue weighted by Crippen LogP contribution is -2.24. The summed E-state index contributed by atoms with van der Waals surface area (Å²) in [7, 11) is 0. The number of amides is 2. The number of aromatic nitrogens is 1. The molecule has 1 aromatic heterocycles. The summed E-state index contributed by atoms with van der Waals surface area (Å²) in [6, 6.07) is 17.6. The molecular weight excluding hydrogens is 359 g/mol. The van der Waals surface area contributed by atoms with Gasteiger partial charge in [-0.25, -0.2) is 10.2 Å². The van der Waals surface area contributed by atoms with Gasteiger partial charge in [0.1, 0.15) is 0 Å². The predicted octanol–water partition coefficient (Wildman–Crippen LogP) is 4.94. The van der Waals surface area contributed by atoms with Gasteiger partial charge in [0.15, 0.2) is 0 Å². The van der Waals surface area contributed by atoms with Crippen LogP contribution in [-0.4, -0.2) is 16.8 Å². The number of nitrogens with zero attached hydrogens (tertiary/aromatic N) is 2. The number of urea groups is 1. The van der Waals surface area contributed by atoms with Gasteiger partial charge in [-0.3, -0.25) is 0 Å². The van der Waals surface area contributed by atoms with E-state index < -0.39 is 6.03 Å². The van der Waals surface area contributed by atoms with E-state index in [4.69, 9.17) is 23.2 Å². The van der Waals surface area contributed by atoms with E-state index in [0.717, 1.165) is 11.4 Å². The summed E-state index contributed by atoms with van der Waals surface area (Å²) in [5.41, 5.74) is 4.76. The van der Waals surface area contributed by atoms with Crippen LogP contribution in [0.5, 0.6) is 0 Å². The van der Waals surface area contributed by atoms with Crippen LogP contribution in [0.3, 0.4) is 0 Å². The van der Waals surface area contributed by atoms with Gasteiger partial charge in [0.05, 0.1) is 11.9 Å². The molecular formula is C18H14Cl2N4O. The van der Waals surface area contributed by atoms with Crippen LogP contribution in [0.4, 0.5) is 10.5 Å². The van der Waals surface area contributed by atoms with E-state index in [1.807, 2.05) is 47.2 Å². The Kier molecular flexibility index (Phi) is 5.38. The molecule has 2 aromatic carbocycles. The van der Waals surface area contributed by atoms with E-state index in [-0.39, 0.29) is 0 Å². The highest BCUT2D eigenvalue weighted by Crippen LogP contribution is 2.16.